The van der Waals surface area contributed by atoms with Gasteiger partial charge < -0.3 is 24.2 Å². The number of hydrogen-bond donors (Lipinski definition) is 1. The first-order valence-corrected chi connectivity index (χ1v) is 11.3. The van der Waals surface area contributed by atoms with Crippen LogP contribution >= 0.6 is 0 Å². The van der Waals surface area contributed by atoms with E-state index >= 15 is 0 Å². The molecule has 1 heterocycles. The molecule has 9 heteroatoms. The molecule has 1 aliphatic carbocycles. The summed E-state index contributed by atoms with van der Waals surface area (Å²) in [5.74, 6) is -5.67. The van der Waals surface area contributed by atoms with Crippen LogP contribution in [0.4, 0.5) is 8.78 Å². The van der Waals surface area contributed by atoms with Gasteiger partial charge in [0.2, 0.25) is 0 Å². The van der Waals surface area contributed by atoms with Crippen LogP contribution in [0.1, 0.15) is 39.2 Å². The van der Waals surface area contributed by atoms with Gasteiger partial charge in [0.25, 0.3) is 5.91 Å². The Bertz CT molecular complexity index is 895. The molecule has 1 fully saturated rings. The third-order valence-corrected chi connectivity index (χ3v) is 6.70. The Morgan fingerprint density at radius 2 is 1.91 bits per heavy atom. The van der Waals surface area contributed by atoms with E-state index in [-0.39, 0.29) is 26.2 Å². The van der Waals surface area contributed by atoms with Crippen molar-refractivity contribution in [3.05, 3.63) is 48.0 Å². The normalized spacial score (nSPS) is 27.4. The average Bonchev–Trinajstić information content (AvgIpc) is 3.24. The highest BCUT2D eigenvalue weighted by molar-refractivity contribution is 5.85. The van der Waals surface area contributed by atoms with Crippen LogP contribution in [0.5, 0.6) is 0 Å². The number of hydrogen-bond acceptors (Lipinski definition) is 6. The Balaban J connectivity index is 1.90. The minimum Gasteiger partial charge on any atom is -0.460 e. The summed E-state index contributed by atoms with van der Waals surface area (Å²) in [6, 6.07) is 7.53. The van der Waals surface area contributed by atoms with Crippen molar-refractivity contribution in [1.82, 2.24) is 4.90 Å². The summed E-state index contributed by atoms with van der Waals surface area (Å²) in [5.41, 5.74) is -2.33. The van der Waals surface area contributed by atoms with E-state index < -0.39 is 47.0 Å². The number of ether oxygens (including phenoxy) is 3. The number of carbonyl (C=O) groups is 2. The zero-order valence-electron chi connectivity index (χ0n) is 20.0. The molecule has 2 aliphatic rings. The number of nitrogens with zero attached hydrogens (tertiary/aromatic N) is 1. The fourth-order valence-electron chi connectivity index (χ4n) is 4.66. The van der Waals surface area contributed by atoms with E-state index in [0.29, 0.717) is 13.3 Å². The van der Waals surface area contributed by atoms with Crippen LogP contribution in [0.3, 0.4) is 0 Å². The molecule has 1 amide bonds. The SMILES string of the molecule is COC1COCCC1N(C(=O)C(C)(F)F)C1C=CC(C(=O)OCc2ccccc2)(C(C)(C)O)C1. The Labute approximate surface area is 198 Å². The second-order valence-electron chi connectivity index (χ2n) is 9.53. The maximum atomic E-state index is 14.3. The van der Waals surface area contributed by atoms with Crippen LogP contribution in [-0.2, 0) is 30.4 Å². The van der Waals surface area contributed by atoms with Crippen LogP contribution in [0.2, 0.25) is 0 Å². The fourth-order valence-corrected chi connectivity index (χ4v) is 4.66. The summed E-state index contributed by atoms with van der Waals surface area (Å²) in [6.45, 7) is 3.94. The molecule has 0 radical (unpaired) electrons. The average molecular weight is 482 g/mol. The molecule has 0 bridgehead atoms. The summed E-state index contributed by atoms with van der Waals surface area (Å²) < 4.78 is 44.9. The second kappa shape index (κ2) is 10.1. The van der Waals surface area contributed by atoms with E-state index in [9.17, 15) is 23.5 Å². The summed E-state index contributed by atoms with van der Waals surface area (Å²) in [6.07, 6.45) is 2.63. The van der Waals surface area contributed by atoms with Gasteiger partial charge in [-0.25, -0.2) is 0 Å². The van der Waals surface area contributed by atoms with Gasteiger partial charge >= 0.3 is 11.9 Å². The van der Waals surface area contributed by atoms with Crippen LogP contribution in [0, 0.1) is 5.41 Å². The summed E-state index contributed by atoms with van der Waals surface area (Å²) in [7, 11) is 1.44. The first kappa shape index (κ1) is 26.2. The number of benzene rings is 1. The Kier molecular flexibility index (Phi) is 7.79. The molecule has 188 valence electrons. The van der Waals surface area contributed by atoms with Crippen LogP contribution < -0.4 is 0 Å². The van der Waals surface area contributed by atoms with E-state index in [0.717, 1.165) is 10.5 Å². The van der Waals surface area contributed by atoms with Gasteiger partial charge in [0.05, 0.1) is 24.3 Å². The number of methoxy groups -OCH3 is 1. The van der Waals surface area contributed by atoms with Crippen LogP contribution in [0.25, 0.3) is 0 Å². The zero-order chi connectivity index (χ0) is 25.1. The number of carbonyl (C=O) groups excluding carboxylic acids is 2. The van der Waals surface area contributed by atoms with Crippen molar-refractivity contribution in [1.29, 1.82) is 0 Å². The number of halogens is 2. The van der Waals surface area contributed by atoms with Crippen molar-refractivity contribution in [3.63, 3.8) is 0 Å². The predicted octanol–water partition coefficient (Wildman–Crippen LogP) is 3.10. The molecule has 1 saturated heterocycles. The lowest BCUT2D eigenvalue weighted by Crippen LogP contribution is -2.59. The molecule has 1 aromatic carbocycles. The quantitative estimate of drug-likeness (QED) is 0.454. The van der Waals surface area contributed by atoms with Gasteiger partial charge in [-0.05, 0) is 32.3 Å². The minimum absolute atomic E-state index is 0.00258. The van der Waals surface area contributed by atoms with Gasteiger partial charge in [-0.3, -0.25) is 9.59 Å². The number of esters is 1. The van der Waals surface area contributed by atoms with Crippen molar-refractivity contribution in [2.45, 2.75) is 69.9 Å². The summed E-state index contributed by atoms with van der Waals surface area (Å²) >= 11 is 0. The van der Waals surface area contributed by atoms with Crippen molar-refractivity contribution in [2.24, 2.45) is 5.41 Å². The Morgan fingerprint density at radius 1 is 1.24 bits per heavy atom. The minimum atomic E-state index is -3.63. The highest BCUT2D eigenvalue weighted by Crippen LogP contribution is 2.46. The van der Waals surface area contributed by atoms with Gasteiger partial charge in [-0.15, -0.1) is 0 Å². The predicted molar refractivity (Wildman–Crippen MR) is 120 cm³/mol. The lowest BCUT2D eigenvalue weighted by atomic mass is 9.72. The molecule has 1 N–H and O–H groups in total. The topological polar surface area (TPSA) is 85.3 Å². The maximum Gasteiger partial charge on any atom is 0.322 e. The van der Waals surface area contributed by atoms with E-state index in [4.69, 9.17) is 14.2 Å². The van der Waals surface area contributed by atoms with E-state index in [1.54, 1.807) is 12.1 Å². The number of rotatable bonds is 8. The van der Waals surface area contributed by atoms with Crippen molar-refractivity contribution < 1.29 is 37.7 Å². The Morgan fingerprint density at radius 3 is 2.50 bits per heavy atom. The molecule has 1 aliphatic heterocycles. The van der Waals surface area contributed by atoms with Gasteiger partial charge in [0.15, 0.2) is 0 Å². The summed E-state index contributed by atoms with van der Waals surface area (Å²) in [4.78, 5) is 27.3. The number of aliphatic hydroxyl groups is 1. The molecule has 0 aromatic heterocycles. The molecular weight excluding hydrogens is 448 g/mol. The van der Waals surface area contributed by atoms with Gasteiger partial charge in [0, 0.05) is 20.6 Å². The fraction of sp³-hybridized carbons (Fsp3) is 0.600. The highest BCUT2D eigenvalue weighted by Gasteiger charge is 2.56. The number of amides is 1. The largest absolute Gasteiger partial charge is 0.460 e. The van der Waals surface area contributed by atoms with Gasteiger partial charge in [-0.2, -0.15) is 8.78 Å². The zero-order valence-corrected chi connectivity index (χ0v) is 20.0. The first-order valence-electron chi connectivity index (χ1n) is 11.3. The molecule has 34 heavy (non-hydrogen) atoms. The van der Waals surface area contributed by atoms with Gasteiger partial charge in [-0.1, -0.05) is 42.5 Å². The lowest BCUT2D eigenvalue weighted by Gasteiger charge is -2.44. The van der Waals surface area contributed by atoms with Gasteiger partial charge in [0.1, 0.15) is 18.1 Å². The molecule has 0 saturated carbocycles. The van der Waals surface area contributed by atoms with E-state index in [1.165, 1.54) is 33.1 Å². The maximum absolute atomic E-state index is 14.3. The highest BCUT2D eigenvalue weighted by atomic mass is 19.3. The molecule has 4 unspecified atom stereocenters. The monoisotopic (exact) mass is 481 g/mol. The van der Waals surface area contributed by atoms with Crippen molar-refractivity contribution in [3.8, 4) is 0 Å². The van der Waals surface area contributed by atoms with Crippen molar-refractivity contribution >= 4 is 11.9 Å². The smallest absolute Gasteiger partial charge is 0.322 e. The molecule has 7 nitrogen and oxygen atoms in total. The molecule has 0 spiro atoms. The van der Waals surface area contributed by atoms with Crippen LogP contribution in [-0.4, -0.2) is 71.9 Å². The Hall–Kier alpha value is -2.36. The number of alkyl halides is 2. The van der Waals surface area contributed by atoms with E-state index in [2.05, 4.69) is 0 Å². The molecular formula is C25H33F2NO6. The first-order chi connectivity index (χ1) is 15.9. The standard InChI is InChI=1S/C25H33F2NO6/c1-23(2,31)25(22(30)34-15-17-8-6-5-7-9-17)12-10-18(14-25)28(21(29)24(3,26)27)19-11-13-33-16-20(19)32-4/h5-10,12,18-20,31H,11,13-16H2,1-4H3. The van der Waals surface area contributed by atoms with Crippen molar-refractivity contribution in [2.75, 3.05) is 20.3 Å². The van der Waals surface area contributed by atoms with Crippen LogP contribution in [0.15, 0.2) is 42.5 Å². The molecule has 3 rings (SSSR count). The second-order valence-corrected chi connectivity index (χ2v) is 9.53. The lowest BCUT2D eigenvalue weighted by molar-refractivity contribution is -0.175. The third-order valence-electron chi connectivity index (χ3n) is 6.70. The summed E-state index contributed by atoms with van der Waals surface area (Å²) in [5, 5.41) is 11.0. The molecule has 1 aromatic rings. The van der Waals surface area contributed by atoms with E-state index in [1.807, 2.05) is 18.2 Å². The molecule has 4 atom stereocenters. The third kappa shape index (κ3) is 5.31.